The van der Waals surface area contributed by atoms with Crippen LogP contribution in [0.2, 0.25) is 0 Å². The van der Waals surface area contributed by atoms with E-state index >= 15 is 0 Å². The van der Waals surface area contributed by atoms with Crippen LogP contribution < -0.4 is 0 Å². The molecule has 1 nitrogen and oxygen atoms in total. The quantitative estimate of drug-likeness (QED) is 0.717. The molecule has 0 aliphatic heterocycles. The molecular formula is C16H23N. The first kappa shape index (κ1) is 13.7. The first-order valence-corrected chi connectivity index (χ1v) is 6.51. The van der Waals surface area contributed by atoms with Gasteiger partial charge in [0.05, 0.1) is 5.52 Å². The molecule has 0 bridgehead atoms. The van der Waals surface area contributed by atoms with Gasteiger partial charge >= 0.3 is 0 Å². The molecule has 0 aliphatic carbocycles. The van der Waals surface area contributed by atoms with E-state index in [2.05, 4.69) is 56.9 Å². The van der Waals surface area contributed by atoms with Gasteiger partial charge in [-0.25, -0.2) is 0 Å². The van der Waals surface area contributed by atoms with Gasteiger partial charge in [-0.05, 0) is 30.0 Å². The van der Waals surface area contributed by atoms with Crippen LogP contribution in [0.25, 0.3) is 10.9 Å². The largest absolute Gasteiger partial charge is 0.256 e. The highest BCUT2D eigenvalue weighted by atomic mass is 14.6. The van der Waals surface area contributed by atoms with E-state index in [0.29, 0.717) is 5.92 Å². The van der Waals surface area contributed by atoms with Crippen LogP contribution in [0.3, 0.4) is 0 Å². The van der Waals surface area contributed by atoms with Gasteiger partial charge in [-0.2, -0.15) is 0 Å². The summed E-state index contributed by atoms with van der Waals surface area (Å²) in [5.41, 5.74) is 2.48. The van der Waals surface area contributed by atoms with E-state index < -0.39 is 0 Å². The molecule has 0 saturated heterocycles. The number of fused-ring (bicyclic) bond motifs is 1. The summed E-state index contributed by atoms with van der Waals surface area (Å²) < 4.78 is 0. The first-order chi connectivity index (χ1) is 8.17. The minimum Gasteiger partial charge on any atom is -0.256 e. The van der Waals surface area contributed by atoms with Crippen molar-refractivity contribution in [2.24, 2.45) is 5.92 Å². The molecule has 1 aromatic heterocycles. The first-order valence-electron chi connectivity index (χ1n) is 6.51. The average Bonchev–Trinajstić information content (AvgIpc) is 2.29. The van der Waals surface area contributed by atoms with Gasteiger partial charge in [0.25, 0.3) is 0 Å². The van der Waals surface area contributed by atoms with Gasteiger partial charge in [0.2, 0.25) is 0 Å². The molecule has 92 valence electrons. The predicted octanol–water partition coefficient (Wildman–Crippen LogP) is 4.85. The molecule has 2 rings (SSSR count). The molecule has 1 aromatic carbocycles. The number of hydrogen-bond donors (Lipinski definition) is 0. The number of hydrogen-bond acceptors (Lipinski definition) is 1. The van der Waals surface area contributed by atoms with Crippen molar-refractivity contribution in [1.29, 1.82) is 0 Å². The minimum absolute atomic E-state index is 0.705. The maximum atomic E-state index is 4.35. The zero-order valence-corrected chi connectivity index (χ0v) is 11.4. The third-order valence-electron chi connectivity index (χ3n) is 2.31. The number of pyridine rings is 1. The Hall–Kier alpha value is -1.37. The van der Waals surface area contributed by atoms with Crippen LogP contribution >= 0.6 is 0 Å². The Morgan fingerprint density at radius 3 is 2.47 bits per heavy atom. The van der Waals surface area contributed by atoms with Gasteiger partial charge in [-0.1, -0.05) is 52.3 Å². The Morgan fingerprint density at radius 1 is 1.12 bits per heavy atom. The second-order valence-corrected chi connectivity index (χ2v) is 4.84. The molecular weight excluding hydrogens is 206 g/mol. The lowest BCUT2D eigenvalue weighted by Gasteiger charge is -2.05. The van der Waals surface area contributed by atoms with Crippen molar-refractivity contribution >= 4 is 10.9 Å². The lowest BCUT2D eigenvalue weighted by Crippen LogP contribution is -1.93. The summed E-state index contributed by atoms with van der Waals surface area (Å²) in [6.45, 7) is 8.73. The van der Waals surface area contributed by atoms with E-state index in [9.17, 15) is 0 Å². The maximum Gasteiger partial charge on any atom is 0.0704 e. The number of nitrogens with zero attached hydrogens (tertiary/aromatic N) is 1. The highest BCUT2D eigenvalue weighted by molar-refractivity contribution is 5.78. The van der Waals surface area contributed by atoms with E-state index in [1.807, 2.05) is 12.3 Å². The minimum atomic E-state index is 0.705. The third-order valence-corrected chi connectivity index (χ3v) is 2.31. The van der Waals surface area contributed by atoms with E-state index in [0.717, 1.165) is 11.9 Å². The van der Waals surface area contributed by atoms with Crippen molar-refractivity contribution in [3.63, 3.8) is 0 Å². The molecule has 1 heteroatoms. The van der Waals surface area contributed by atoms with Gasteiger partial charge < -0.3 is 0 Å². The Bertz CT molecular complexity index is 446. The summed E-state index contributed by atoms with van der Waals surface area (Å²) >= 11 is 0. The van der Waals surface area contributed by atoms with Crippen molar-refractivity contribution in [3.8, 4) is 0 Å². The molecule has 0 N–H and O–H groups in total. The van der Waals surface area contributed by atoms with Crippen LogP contribution in [0.5, 0.6) is 0 Å². The summed E-state index contributed by atoms with van der Waals surface area (Å²) in [6, 6.07) is 10.6. The zero-order chi connectivity index (χ0) is 12.7. The highest BCUT2D eigenvalue weighted by Gasteiger charge is 1.99. The van der Waals surface area contributed by atoms with Crippen molar-refractivity contribution < 1.29 is 0 Å². The second kappa shape index (κ2) is 7.05. The predicted molar refractivity (Wildman–Crippen MR) is 76.3 cm³/mol. The van der Waals surface area contributed by atoms with Crippen molar-refractivity contribution in [1.82, 2.24) is 4.98 Å². The summed E-state index contributed by atoms with van der Waals surface area (Å²) in [4.78, 5) is 4.35. The Morgan fingerprint density at radius 2 is 1.82 bits per heavy atom. The average molecular weight is 229 g/mol. The second-order valence-electron chi connectivity index (χ2n) is 4.84. The van der Waals surface area contributed by atoms with Crippen molar-refractivity contribution in [3.05, 3.63) is 42.1 Å². The molecule has 0 saturated carbocycles. The molecule has 0 spiro atoms. The number of benzene rings is 1. The normalized spacial score (nSPS) is 10.2. The lowest BCUT2D eigenvalue weighted by atomic mass is 10.0. The molecule has 0 fully saturated rings. The van der Waals surface area contributed by atoms with Crippen LogP contribution in [-0.2, 0) is 6.42 Å². The topological polar surface area (TPSA) is 12.9 Å². The smallest absolute Gasteiger partial charge is 0.0704 e. The Kier molecular flexibility index (Phi) is 5.68. The third kappa shape index (κ3) is 4.56. The highest BCUT2D eigenvalue weighted by Crippen LogP contribution is 2.15. The van der Waals surface area contributed by atoms with Gasteiger partial charge in [-0.3, -0.25) is 4.98 Å². The maximum absolute atomic E-state index is 4.35. The van der Waals surface area contributed by atoms with Crippen LogP contribution in [0, 0.1) is 5.92 Å². The van der Waals surface area contributed by atoms with Crippen LogP contribution in [0.4, 0.5) is 0 Å². The Balaban J connectivity index is 0.000000437. The van der Waals surface area contributed by atoms with Crippen LogP contribution in [0.15, 0.2) is 36.5 Å². The molecule has 0 amide bonds. The number of aromatic nitrogens is 1. The fraction of sp³-hybridized carbons (Fsp3) is 0.438. The van der Waals surface area contributed by atoms with Crippen molar-refractivity contribution in [2.45, 2.75) is 40.5 Å². The molecule has 0 unspecified atom stereocenters. The Labute approximate surface area is 105 Å². The molecule has 0 atom stereocenters. The van der Waals surface area contributed by atoms with Crippen LogP contribution in [-0.4, -0.2) is 4.98 Å². The fourth-order valence-electron chi connectivity index (χ4n) is 1.71. The van der Waals surface area contributed by atoms with Crippen molar-refractivity contribution in [2.75, 3.05) is 0 Å². The van der Waals surface area contributed by atoms with Gasteiger partial charge in [0.1, 0.15) is 0 Å². The lowest BCUT2D eigenvalue weighted by molar-refractivity contribution is 0.647. The monoisotopic (exact) mass is 229 g/mol. The van der Waals surface area contributed by atoms with E-state index in [-0.39, 0.29) is 0 Å². The molecule has 2 aromatic rings. The summed E-state index contributed by atoms with van der Waals surface area (Å²) in [6.07, 6.45) is 4.23. The zero-order valence-electron chi connectivity index (χ0n) is 11.4. The number of rotatable bonds is 2. The standard InChI is InChI=1S/C13H15N.C3H8/c1-10(2)8-11-5-6-12-4-3-7-14-13(12)9-11;1-3-2/h3-7,9-10H,8H2,1-2H3;3H2,1-2H3. The summed E-state index contributed by atoms with van der Waals surface area (Å²) in [5, 5.41) is 1.22. The molecule has 1 heterocycles. The van der Waals surface area contributed by atoms with Gasteiger partial charge in [0.15, 0.2) is 0 Å². The van der Waals surface area contributed by atoms with Gasteiger partial charge in [-0.15, -0.1) is 0 Å². The summed E-state index contributed by atoms with van der Waals surface area (Å²) in [5.74, 6) is 0.705. The molecule has 0 aliphatic rings. The van der Waals surface area contributed by atoms with Crippen LogP contribution in [0.1, 0.15) is 39.7 Å². The van der Waals surface area contributed by atoms with E-state index in [1.165, 1.54) is 17.4 Å². The van der Waals surface area contributed by atoms with E-state index in [1.54, 1.807) is 0 Å². The summed E-state index contributed by atoms with van der Waals surface area (Å²) in [7, 11) is 0. The molecule has 17 heavy (non-hydrogen) atoms. The molecule has 0 radical (unpaired) electrons. The van der Waals surface area contributed by atoms with E-state index in [4.69, 9.17) is 0 Å². The SMILES string of the molecule is CC(C)Cc1ccc2cccnc2c1.CCC. The van der Waals surface area contributed by atoms with Gasteiger partial charge in [0, 0.05) is 11.6 Å². The fourth-order valence-corrected chi connectivity index (χ4v) is 1.71.